The van der Waals surface area contributed by atoms with Crippen LogP contribution in [0.1, 0.15) is 12.0 Å². The molecule has 0 bridgehead atoms. The number of nitrogens with one attached hydrogen (secondary N) is 1. The largest absolute Gasteiger partial charge is 0.486 e. The van der Waals surface area contributed by atoms with E-state index in [2.05, 4.69) is 10.5 Å². The first kappa shape index (κ1) is 17.6. The molecule has 0 spiro atoms. The van der Waals surface area contributed by atoms with Gasteiger partial charge in [0.25, 0.3) is 0 Å². The van der Waals surface area contributed by atoms with E-state index in [0.717, 1.165) is 10.5 Å². The summed E-state index contributed by atoms with van der Waals surface area (Å²) in [5, 5.41) is 4.70. The molecule has 1 amide bonds. The van der Waals surface area contributed by atoms with Crippen LogP contribution in [0.25, 0.3) is 0 Å². The zero-order valence-corrected chi connectivity index (χ0v) is 15.0. The number of halogens is 1. The van der Waals surface area contributed by atoms with Crippen molar-refractivity contribution < 1.29 is 14.3 Å². The minimum atomic E-state index is -0.139. The zero-order valence-electron chi connectivity index (χ0n) is 13.4. The van der Waals surface area contributed by atoms with Crippen molar-refractivity contribution in [3.05, 3.63) is 53.1 Å². The lowest BCUT2D eigenvalue weighted by atomic mass is 10.2. The number of thioether (sulfide) groups is 1. The van der Waals surface area contributed by atoms with Crippen molar-refractivity contribution in [3.63, 3.8) is 0 Å². The van der Waals surface area contributed by atoms with Gasteiger partial charge in [-0.2, -0.15) is 5.10 Å². The molecule has 5 nitrogen and oxygen atoms in total. The van der Waals surface area contributed by atoms with Crippen LogP contribution in [0.3, 0.4) is 0 Å². The summed E-state index contributed by atoms with van der Waals surface area (Å²) in [5.74, 6) is 1.88. The van der Waals surface area contributed by atoms with Gasteiger partial charge in [0.15, 0.2) is 11.5 Å². The van der Waals surface area contributed by atoms with E-state index in [1.54, 1.807) is 18.0 Å². The second kappa shape index (κ2) is 8.78. The van der Waals surface area contributed by atoms with Gasteiger partial charge in [0.05, 0.1) is 6.21 Å². The molecule has 0 aliphatic carbocycles. The Bertz CT molecular complexity index is 765. The lowest BCUT2D eigenvalue weighted by molar-refractivity contribution is -0.120. The zero-order chi connectivity index (χ0) is 17.5. The Morgan fingerprint density at radius 3 is 2.84 bits per heavy atom. The third-order valence-corrected chi connectivity index (χ3v) is 4.67. The Hall–Kier alpha value is -2.18. The van der Waals surface area contributed by atoms with Crippen molar-refractivity contribution in [3.8, 4) is 11.5 Å². The van der Waals surface area contributed by atoms with E-state index in [1.807, 2.05) is 42.5 Å². The summed E-state index contributed by atoms with van der Waals surface area (Å²) in [6.07, 6.45) is 1.94. The molecule has 0 aromatic heterocycles. The predicted molar refractivity (Wildman–Crippen MR) is 100.0 cm³/mol. The summed E-state index contributed by atoms with van der Waals surface area (Å²) < 4.78 is 11.1. The summed E-state index contributed by atoms with van der Waals surface area (Å²) in [5.41, 5.74) is 3.30. The Morgan fingerprint density at radius 2 is 2.00 bits per heavy atom. The lowest BCUT2D eigenvalue weighted by Crippen LogP contribution is -2.19. The van der Waals surface area contributed by atoms with Crippen molar-refractivity contribution in [2.75, 3.05) is 19.0 Å². The van der Waals surface area contributed by atoms with Gasteiger partial charge in [-0.3, -0.25) is 4.79 Å². The van der Waals surface area contributed by atoms with E-state index >= 15 is 0 Å². The van der Waals surface area contributed by atoms with Crippen LogP contribution in [0.4, 0.5) is 0 Å². The monoisotopic (exact) mass is 376 g/mol. The SMILES string of the molecule is O=C(CCSc1ccc(Cl)cc1)N/N=C/c1cccc2c1OCCO2. The standard InChI is InChI=1S/C18H17ClN2O3S/c19-14-4-6-15(7-5-14)25-11-8-17(22)21-20-12-13-2-1-3-16-18(13)24-10-9-23-16/h1-7,12H,8-11H2,(H,21,22)/b20-12+. The molecule has 0 radical (unpaired) electrons. The van der Waals surface area contributed by atoms with Crippen molar-refractivity contribution in [1.29, 1.82) is 0 Å². The molecule has 0 fully saturated rings. The summed E-state index contributed by atoms with van der Waals surface area (Å²) in [6, 6.07) is 13.1. The molecule has 0 atom stereocenters. The topological polar surface area (TPSA) is 59.9 Å². The number of hydrogen-bond acceptors (Lipinski definition) is 5. The normalized spacial score (nSPS) is 13.0. The van der Waals surface area contributed by atoms with Crippen LogP contribution in [-0.4, -0.2) is 31.1 Å². The Balaban J connectivity index is 1.46. The molecular weight excluding hydrogens is 360 g/mol. The number of hydrogen-bond donors (Lipinski definition) is 1. The molecule has 1 aliphatic heterocycles. The van der Waals surface area contributed by atoms with Crippen LogP contribution >= 0.6 is 23.4 Å². The van der Waals surface area contributed by atoms with Gasteiger partial charge < -0.3 is 9.47 Å². The first-order valence-electron chi connectivity index (χ1n) is 7.81. The highest BCUT2D eigenvalue weighted by Gasteiger charge is 2.14. The maximum atomic E-state index is 11.9. The van der Waals surface area contributed by atoms with E-state index in [9.17, 15) is 4.79 Å². The first-order chi connectivity index (χ1) is 12.2. The highest BCUT2D eigenvalue weighted by molar-refractivity contribution is 7.99. The summed E-state index contributed by atoms with van der Waals surface area (Å²) >= 11 is 7.44. The maximum absolute atomic E-state index is 11.9. The van der Waals surface area contributed by atoms with Gasteiger partial charge in [0, 0.05) is 27.7 Å². The molecule has 1 aliphatic rings. The second-order valence-corrected chi connectivity index (χ2v) is 6.82. The van der Waals surface area contributed by atoms with Crippen LogP contribution in [0.15, 0.2) is 52.5 Å². The Labute approximate surface area is 155 Å². The van der Waals surface area contributed by atoms with Crippen LogP contribution in [0.2, 0.25) is 5.02 Å². The average Bonchev–Trinajstić information content (AvgIpc) is 2.64. The molecule has 0 saturated carbocycles. The number of hydrazone groups is 1. The van der Waals surface area contributed by atoms with Crippen LogP contribution in [0.5, 0.6) is 11.5 Å². The van der Waals surface area contributed by atoms with Crippen molar-refractivity contribution in [2.24, 2.45) is 5.10 Å². The summed E-state index contributed by atoms with van der Waals surface area (Å²) in [6.45, 7) is 1.04. The number of rotatable bonds is 6. The molecule has 7 heteroatoms. The highest BCUT2D eigenvalue weighted by Crippen LogP contribution is 2.32. The lowest BCUT2D eigenvalue weighted by Gasteiger charge is -2.19. The Kier molecular flexibility index (Phi) is 6.19. The van der Waals surface area contributed by atoms with Crippen LogP contribution < -0.4 is 14.9 Å². The van der Waals surface area contributed by atoms with Crippen molar-refractivity contribution >= 4 is 35.5 Å². The van der Waals surface area contributed by atoms with E-state index in [-0.39, 0.29) is 5.91 Å². The highest BCUT2D eigenvalue weighted by atomic mass is 35.5. The third kappa shape index (κ3) is 5.14. The maximum Gasteiger partial charge on any atom is 0.240 e. The van der Waals surface area contributed by atoms with Gasteiger partial charge in [0.2, 0.25) is 5.91 Å². The van der Waals surface area contributed by atoms with Crippen LogP contribution in [0, 0.1) is 0 Å². The molecule has 2 aromatic rings. The van der Waals surface area contributed by atoms with Gasteiger partial charge in [-0.15, -0.1) is 11.8 Å². The molecule has 0 unspecified atom stereocenters. The van der Waals surface area contributed by atoms with E-state index < -0.39 is 0 Å². The Morgan fingerprint density at radius 1 is 1.20 bits per heavy atom. The molecular formula is C18H17ClN2O3S. The van der Waals surface area contributed by atoms with Gasteiger partial charge in [-0.1, -0.05) is 17.7 Å². The molecule has 2 aromatic carbocycles. The summed E-state index contributed by atoms with van der Waals surface area (Å²) in [4.78, 5) is 12.9. The fourth-order valence-corrected chi connectivity index (χ4v) is 3.20. The minimum absolute atomic E-state index is 0.139. The second-order valence-electron chi connectivity index (χ2n) is 5.22. The fraction of sp³-hybridized carbons (Fsp3) is 0.222. The number of carbonyl (C=O) groups excluding carboxylic acids is 1. The molecule has 130 valence electrons. The number of benzene rings is 2. The molecule has 1 N–H and O–H groups in total. The molecule has 0 saturated heterocycles. The first-order valence-corrected chi connectivity index (χ1v) is 9.17. The van der Waals surface area contributed by atoms with E-state index in [0.29, 0.717) is 41.9 Å². The number of fused-ring (bicyclic) bond motifs is 1. The van der Waals surface area contributed by atoms with Crippen molar-refractivity contribution in [1.82, 2.24) is 5.43 Å². The van der Waals surface area contributed by atoms with Gasteiger partial charge in [0.1, 0.15) is 13.2 Å². The number of carbonyl (C=O) groups is 1. The minimum Gasteiger partial charge on any atom is -0.486 e. The molecule has 3 rings (SSSR count). The quantitative estimate of drug-likeness (QED) is 0.474. The number of nitrogens with zero attached hydrogens (tertiary/aromatic N) is 1. The van der Waals surface area contributed by atoms with Crippen molar-refractivity contribution in [2.45, 2.75) is 11.3 Å². The van der Waals surface area contributed by atoms with Gasteiger partial charge >= 0.3 is 0 Å². The number of para-hydroxylation sites is 1. The third-order valence-electron chi connectivity index (χ3n) is 3.40. The van der Waals surface area contributed by atoms with Crippen LogP contribution in [-0.2, 0) is 4.79 Å². The van der Waals surface area contributed by atoms with E-state index in [4.69, 9.17) is 21.1 Å². The van der Waals surface area contributed by atoms with Gasteiger partial charge in [-0.25, -0.2) is 5.43 Å². The van der Waals surface area contributed by atoms with E-state index in [1.165, 1.54) is 0 Å². The molecule has 1 heterocycles. The number of ether oxygens (including phenoxy) is 2. The molecule has 25 heavy (non-hydrogen) atoms. The van der Waals surface area contributed by atoms with Gasteiger partial charge in [-0.05, 0) is 36.4 Å². The summed E-state index contributed by atoms with van der Waals surface area (Å²) in [7, 11) is 0. The predicted octanol–water partition coefficient (Wildman–Crippen LogP) is 3.74. The average molecular weight is 377 g/mol. The fourth-order valence-electron chi connectivity index (χ4n) is 2.22. The number of amides is 1. The smallest absolute Gasteiger partial charge is 0.240 e.